The topological polar surface area (TPSA) is 65.4 Å². The van der Waals surface area contributed by atoms with Gasteiger partial charge in [0.1, 0.15) is 40.6 Å². The molecule has 0 saturated carbocycles. The molecule has 0 saturated heterocycles. The summed E-state index contributed by atoms with van der Waals surface area (Å²) in [4.78, 5) is 16.7. The third-order valence-electron chi connectivity index (χ3n) is 4.95. The molecular weight excluding hydrogens is 368 g/mol. The van der Waals surface area contributed by atoms with Crippen molar-refractivity contribution in [2.45, 2.75) is 19.4 Å². The Balaban J connectivity index is 1.83. The second kappa shape index (κ2) is 6.78. The van der Waals surface area contributed by atoms with E-state index in [1.54, 1.807) is 19.2 Å². The fourth-order valence-electron chi connectivity index (χ4n) is 3.42. The highest BCUT2D eigenvalue weighted by molar-refractivity contribution is 5.99. The maximum absolute atomic E-state index is 14.4. The molecule has 1 aliphatic heterocycles. The molecule has 0 radical (unpaired) electrons. The monoisotopic (exact) mass is 387 g/mol. The van der Waals surface area contributed by atoms with Crippen LogP contribution < -0.4 is 14.8 Å². The number of fused-ring (bicyclic) bond motifs is 2. The molecule has 0 aliphatic carbocycles. The van der Waals surface area contributed by atoms with Crippen LogP contribution in [0.3, 0.4) is 0 Å². The van der Waals surface area contributed by atoms with E-state index in [1.807, 2.05) is 18.5 Å². The van der Waals surface area contributed by atoms with Gasteiger partial charge >= 0.3 is 0 Å². The molecule has 0 fully saturated rings. The third-order valence-corrected chi connectivity index (χ3v) is 4.95. The van der Waals surface area contributed by atoms with Crippen molar-refractivity contribution in [1.82, 2.24) is 14.9 Å². The van der Waals surface area contributed by atoms with Crippen LogP contribution in [0, 0.1) is 18.6 Å². The zero-order chi connectivity index (χ0) is 20.0. The minimum Gasteiger partial charge on any atom is -0.493 e. The van der Waals surface area contributed by atoms with Crippen molar-refractivity contribution in [1.29, 1.82) is 0 Å². The maximum Gasteiger partial charge on any atom is 0.251 e. The Bertz CT molecular complexity index is 1090. The number of hydrogen-bond donors (Lipinski definition) is 1. The minimum atomic E-state index is -0.726. The zero-order valence-electron chi connectivity index (χ0n) is 15.7. The van der Waals surface area contributed by atoms with Crippen molar-refractivity contribution in [2.75, 3.05) is 13.7 Å². The molecule has 28 heavy (non-hydrogen) atoms. The first-order valence-electron chi connectivity index (χ1n) is 8.86. The van der Waals surface area contributed by atoms with Crippen LogP contribution >= 0.6 is 0 Å². The Morgan fingerprint density at radius 3 is 2.86 bits per heavy atom. The Morgan fingerprint density at radius 2 is 2.11 bits per heavy atom. The number of nitrogens with zero attached hydrogens (tertiary/aromatic N) is 2. The van der Waals surface area contributed by atoms with E-state index in [0.717, 1.165) is 23.5 Å². The van der Waals surface area contributed by atoms with E-state index in [0.29, 0.717) is 23.3 Å². The van der Waals surface area contributed by atoms with E-state index in [1.165, 1.54) is 0 Å². The number of nitrogens with one attached hydrogen (secondary N) is 1. The molecule has 146 valence electrons. The van der Waals surface area contributed by atoms with E-state index in [4.69, 9.17) is 9.47 Å². The Kier molecular flexibility index (Phi) is 4.41. The summed E-state index contributed by atoms with van der Waals surface area (Å²) < 4.78 is 41.3. The van der Waals surface area contributed by atoms with Crippen LogP contribution in [0.2, 0.25) is 0 Å². The number of imidazole rings is 1. The number of carbonyl (C=O) groups is 1. The molecule has 1 aromatic heterocycles. The lowest BCUT2D eigenvalue weighted by Gasteiger charge is -2.27. The van der Waals surface area contributed by atoms with Crippen LogP contribution in [0.4, 0.5) is 8.78 Å². The second-order valence-electron chi connectivity index (χ2n) is 6.68. The van der Waals surface area contributed by atoms with Gasteiger partial charge in [0.05, 0.1) is 17.7 Å². The standard InChI is InChI=1S/C20H19F2N3O3/c1-10-24-19-14(25(10)3)6-11(20(26)23-2)7-17(19)28-15-4-5-27-16-9-12(21)8-13(22)18(15)16/h6-9,15H,4-5H2,1-3H3,(H,23,26)/t15-/m0/s1. The predicted octanol–water partition coefficient (Wildman–Crippen LogP) is 3.42. The molecular formula is C20H19F2N3O3. The fourth-order valence-corrected chi connectivity index (χ4v) is 3.42. The normalized spacial score (nSPS) is 15.8. The highest BCUT2D eigenvalue weighted by atomic mass is 19.1. The number of halogens is 2. The highest BCUT2D eigenvalue weighted by Crippen LogP contribution is 2.39. The summed E-state index contributed by atoms with van der Waals surface area (Å²) in [7, 11) is 3.38. The number of hydrogen-bond acceptors (Lipinski definition) is 4. The first kappa shape index (κ1) is 18.2. The van der Waals surface area contributed by atoms with E-state index < -0.39 is 17.7 Å². The van der Waals surface area contributed by atoms with Crippen LogP contribution in [0.1, 0.15) is 34.3 Å². The van der Waals surface area contributed by atoms with Crippen molar-refractivity contribution >= 4 is 16.9 Å². The van der Waals surface area contributed by atoms with Gasteiger partial charge in [-0.05, 0) is 19.1 Å². The van der Waals surface area contributed by atoms with Crippen molar-refractivity contribution < 1.29 is 23.0 Å². The van der Waals surface area contributed by atoms with Gasteiger partial charge in [0, 0.05) is 38.2 Å². The van der Waals surface area contributed by atoms with Gasteiger partial charge in [0.2, 0.25) is 0 Å². The van der Waals surface area contributed by atoms with Crippen LogP contribution in [0.5, 0.6) is 11.5 Å². The summed E-state index contributed by atoms with van der Waals surface area (Å²) in [6.07, 6.45) is -0.303. The lowest BCUT2D eigenvalue weighted by atomic mass is 10.0. The van der Waals surface area contributed by atoms with Gasteiger partial charge in [-0.25, -0.2) is 13.8 Å². The van der Waals surface area contributed by atoms with Crippen LogP contribution in [0.15, 0.2) is 24.3 Å². The number of aromatic nitrogens is 2. The van der Waals surface area contributed by atoms with E-state index in [-0.39, 0.29) is 23.8 Å². The summed E-state index contributed by atoms with van der Waals surface area (Å²) in [5, 5.41) is 2.59. The van der Waals surface area contributed by atoms with Gasteiger partial charge in [-0.1, -0.05) is 0 Å². The molecule has 2 heterocycles. The molecule has 2 aromatic carbocycles. The number of rotatable bonds is 3. The largest absolute Gasteiger partial charge is 0.493 e. The second-order valence-corrected chi connectivity index (χ2v) is 6.68. The number of amides is 1. The Hall–Kier alpha value is -3.16. The van der Waals surface area contributed by atoms with Crippen LogP contribution in [-0.4, -0.2) is 29.1 Å². The van der Waals surface area contributed by atoms with Gasteiger partial charge in [-0.15, -0.1) is 0 Å². The summed E-state index contributed by atoms with van der Waals surface area (Å²) in [6.45, 7) is 2.11. The quantitative estimate of drug-likeness (QED) is 0.748. The van der Waals surface area contributed by atoms with Gasteiger partial charge in [-0.3, -0.25) is 4.79 Å². The molecule has 6 nitrogen and oxygen atoms in total. The SMILES string of the molecule is CNC(=O)c1cc(O[C@H]2CCOc3cc(F)cc(F)c32)c2nc(C)n(C)c2c1. The van der Waals surface area contributed by atoms with Crippen molar-refractivity contribution in [2.24, 2.45) is 7.05 Å². The maximum atomic E-state index is 14.4. The molecule has 1 atom stereocenters. The van der Waals surface area contributed by atoms with Gasteiger partial charge in [0.25, 0.3) is 5.91 Å². The van der Waals surface area contributed by atoms with Gasteiger partial charge in [-0.2, -0.15) is 0 Å². The van der Waals surface area contributed by atoms with Crippen LogP contribution in [0.25, 0.3) is 11.0 Å². The lowest BCUT2D eigenvalue weighted by molar-refractivity contribution is 0.0961. The molecule has 4 rings (SSSR count). The minimum absolute atomic E-state index is 0.129. The fraction of sp³-hybridized carbons (Fsp3) is 0.300. The summed E-state index contributed by atoms with van der Waals surface area (Å²) in [6, 6.07) is 5.28. The number of ether oxygens (including phenoxy) is 2. The summed E-state index contributed by atoms with van der Waals surface area (Å²) in [5.41, 5.74) is 1.86. The van der Waals surface area contributed by atoms with Crippen molar-refractivity contribution in [3.8, 4) is 11.5 Å². The Labute approximate surface area is 160 Å². The van der Waals surface area contributed by atoms with E-state index in [2.05, 4.69) is 10.3 Å². The lowest BCUT2D eigenvalue weighted by Crippen LogP contribution is -2.21. The molecule has 0 spiro atoms. The first-order valence-corrected chi connectivity index (χ1v) is 8.86. The number of aryl methyl sites for hydroxylation is 2. The molecule has 1 aliphatic rings. The number of benzene rings is 2. The Morgan fingerprint density at radius 1 is 1.32 bits per heavy atom. The van der Waals surface area contributed by atoms with E-state index in [9.17, 15) is 13.6 Å². The van der Waals surface area contributed by atoms with Crippen molar-refractivity contribution in [3.05, 3.63) is 52.9 Å². The highest BCUT2D eigenvalue weighted by Gasteiger charge is 2.29. The summed E-state index contributed by atoms with van der Waals surface area (Å²) in [5.74, 6) is -0.469. The average molecular weight is 387 g/mol. The summed E-state index contributed by atoms with van der Waals surface area (Å²) >= 11 is 0. The molecule has 8 heteroatoms. The predicted molar refractivity (Wildman–Crippen MR) is 98.7 cm³/mol. The molecule has 0 unspecified atom stereocenters. The first-order chi connectivity index (χ1) is 13.4. The number of carbonyl (C=O) groups excluding carboxylic acids is 1. The van der Waals surface area contributed by atoms with Gasteiger partial charge < -0.3 is 19.4 Å². The van der Waals surface area contributed by atoms with Gasteiger partial charge in [0.15, 0.2) is 0 Å². The molecule has 1 amide bonds. The third kappa shape index (κ3) is 2.94. The molecule has 3 aromatic rings. The van der Waals surface area contributed by atoms with E-state index >= 15 is 0 Å². The van der Waals surface area contributed by atoms with Crippen LogP contribution in [-0.2, 0) is 7.05 Å². The zero-order valence-corrected chi connectivity index (χ0v) is 15.7. The molecule has 1 N–H and O–H groups in total. The molecule has 0 bridgehead atoms. The smallest absolute Gasteiger partial charge is 0.251 e. The average Bonchev–Trinajstić information content (AvgIpc) is 2.95. The van der Waals surface area contributed by atoms with Crippen molar-refractivity contribution in [3.63, 3.8) is 0 Å².